The highest BCUT2D eigenvalue weighted by molar-refractivity contribution is 6.30. The second-order valence-electron chi connectivity index (χ2n) is 11.2. The van der Waals surface area contributed by atoms with Crippen molar-refractivity contribution < 1.29 is 23.8 Å². The van der Waals surface area contributed by atoms with Crippen LogP contribution in [0.15, 0.2) is 109 Å². The Hall–Kier alpha value is -4.17. The minimum absolute atomic E-state index is 0.00982. The van der Waals surface area contributed by atoms with Gasteiger partial charge >= 0.3 is 6.09 Å². The van der Waals surface area contributed by atoms with Crippen molar-refractivity contribution in [2.24, 2.45) is 0 Å². The molecule has 2 N–H and O–H groups in total. The summed E-state index contributed by atoms with van der Waals surface area (Å²) in [6.07, 6.45) is 0.995. The Labute approximate surface area is 269 Å². The molecule has 1 saturated heterocycles. The number of aryl methyl sites for hydroxylation is 1. The summed E-state index contributed by atoms with van der Waals surface area (Å²) in [6.45, 7) is 1.90. The molecule has 0 bridgehead atoms. The number of alkyl carbamates (subject to hydrolysis) is 1. The fourth-order valence-electron chi connectivity index (χ4n) is 5.78. The van der Waals surface area contributed by atoms with E-state index in [9.17, 15) is 9.59 Å². The lowest BCUT2D eigenvalue weighted by molar-refractivity contribution is -0.120. The van der Waals surface area contributed by atoms with Gasteiger partial charge in [0, 0.05) is 30.5 Å². The normalized spacial score (nSPS) is 17.0. The van der Waals surface area contributed by atoms with Gasteiger partial charge in [-0.1, -0.05) is 96.5 Å². The molecule has 1 amide bonds. The second-order valence-corrected chi connectivity index (χ2v) is 11.6. The number of rotatable bonds is 13. The summed E-state index contributed by atoms with van der Waals surface area (Å²) >= 11 is 5.98. The minimum Gasteiger partial charge on any atom is -0.491 e. The lowest BCUT2D eigenvalue weighted by atomic mass is 9.81. The van der Waals surface area contributed by atoms with Crippen LogP contribution in [0.1, 0.15) is 34.6 Å². The van der Waals surface area contributed by atoms with E-state index in [1.54, 1.807) is 12.1 Å². The summed E-state index contributed by atoms with van der Waals surface area (Å²) in [5.41, 5.74) is 3.89. The molecule has 7 nitrogen and oxygen atoms in total. The van der Waals surface area contributed by atoms with Gasteiger partial charge in [0.15, 0.2) is 5.78 Å². The number of methoxy groups -OCH3 is 1. The third kappa shape index (κ3) is 9.17. The van der Waals surface area contributed by atoms with Crippen LogP contribution in [-0.2, 0) is 27.1 Å². The number of benzene rings is 4. The smallest absolute Gasteiger partial charge is 0.407 e. The molecular formula is C37H39ClN2O5. The predicted octanol–water partition coefficient (Wildman–Crippen LogP) is 6.38. The molecule has 1 unspecified atom stereocenters. The zero-order valence-electron chi connectivity index (χ0n) is 25.4. The first kappa shape index (κ1) is 32.2. The molecule has 234 valence electrons. The molecule has 4 aromatic carbocycles. The van der Waals surface area contributed by atoms with Crippen LogP contribution < -0.4 is 15.4 Å². The van der Waals surface area contributed by atoms with Crippen LogP contribution in [0.25, 0.3) is 0 Å². The maximum Gasteiger partial charge on any atom is 0.407 e. The van der Waals surface area contributed by atoms with E-state index in [0.29, 0.717) is 18.2 Å². The van der Waals surface area contributed by atoms with Gasteiger partial charge < -0.3 is 24.8 Å². The van der Waals surface area contributed by atoms with Crippen LogP contribution in [0.2, 0.25) is 5.02 Å². The molecule has 3 atom stereocenters. The summed E-state index contributed by atoms with van der Waals surface area (Å²) < 4.78 is 17.2. The van der Waals surface area contributed by atoms with Crippen molar-refractivity contribution >= 4 is 23.5 Å². The maximum absolute atomic E-state index is 14.1. The number of carbonyl (C=O) groups is 2. The van der Waals surface area contributed by atoms with Crippen molar-refractivity contribution in [3.8, 4) is 5.75 Å². The fourth-order valence-corrected chi connectivity index (χ4v) is 5.91. The monoisotopic (exact) mass is 626 g/mol. The molecule has 1 aliphatic rings. The molecule has 0 saturated carbocycles. The Morgan fingerprint density at radius 2 is 1.44 bits per heavy atom. The largest absolute Gasteiger partial charge is 0.491 e. The number of amides is 1. The minimum atomic E-state index is -0.831. The van der Waals surface area contributed by atoms with Crippen LogP contribution in [0.5, 0.6) is 5.75 Å². The first-order valence-electron chi connectivity index (χ1n) is 15.3. The van der Waals surface area contributed by atoms with E-state index in [1.165, 1.54) is 7.11 Å². The Bertz CT molecular complexity index is 1480. The maximum atomic E-state index is 14.1. The number of carbonyl (C=O) groups excluding carboxylic acids is 2. The molecular weight excluding hydrogens is 588 g/mol. The number of halogens is 1. The molecule has 45 heavy (non-hydrogen) atoms. The van der Waals surface area contributed by atoms with Gasteiger partial charge in [0.05, 0.1) is 13.2 Å². The first-order chi connectivity index (χ1) is 22.0. The standard InChI is InChI=1S/C37H39ClN2O5/c1-43-37(42)40-36(35(27-11-4-2-5-12-27)28-13-6-3-7-14-28)34(41)22-29-15-9-8-10-26(29)16-19-32-23-39-24-33(45-32)25-44-31-20-17-30(38)18-21-31/h2-15,17-18,20-21,32-33,35-36,39H,16,19,22-25H2,1H3,(H,40,42)/t32?,33-,36+/m0/s1. The van der Waals surface area contributed by atoms with Crippen molar-refractivity contribution in [3.05, 3.63) is 136 Å². The van der Waals surface area contributed by atoms with Gasteiger partial charge in [-0.2, -0.15) is 0 Å². The second kappa shape index (κ2) is 16.2. The Morgan fingerprint density at radius 1 is 0.844 bits per heavy atom. The summed E-state index contributed by atoms with van der Waals surface area (Å²) in [6, 6.07) is 34.0. The molecule has 0 aromatic heterocycles. The molecule has 1 heterocycles. The van der Waals surface area contributed by atoms with Gasteiger partial charge in [-0.05, 0) is 59.4 Å². The van der Waals surface area contributed by atoms with E-state index >= 15 is 0 Å². The van der Waals surface area contributed by atoms with Crippen LogP contribution in [0.3, 0.4) is 0 Å². The lowest BCUT2D eigenvalue weighted by Gasteiger charge is -2.31. The van der Waals surface area contributed by atoms with Crippen LogP contribution >= 0.6 is 11.6 Å². The zero-order chi connectivity index (χ0) is 31.4. The number of ketones is 1. The highest BCUT2D eigenvalue weighted by Gasteiger charge is 2.33. The number of nitrogens with one attached hydrogen (secondary N) is 2. The highest BCUT2D eigenvalue weighted by Crippen LogP contribution is 2.30. The summed E-state index contributed by atoms with van der Waals surface area (Å²) in [5.74, 6) is 0.269. The molecule has 4 aromatic rings. The Morgan fingerprint density at radius 3 is 2.09 bits per heavy atom. The summed E-state index contributed by atoms with van der Waals surface area (Å²) in [4.78, 5) is 26.7. The average molecular weight is 627 g/mol. The molecule has 5 rings (SSSR count). The number of hydrogen-bond donors (Lipinski definition) is 2. The molecule has 0 spiro atoms. The van der Waals surface area contributed by atoms with Gasteiger partial charge in [0.1, 0.15) is 24.5 Å². The molecule has 8 heteroatoms. The van der Waals surface area contributed by atoms with Crippen LogP contribution in [0, 0.1) is 0 Å². The first-order valence-corrected chi connectivity index (χ1v) is 15.7. The van der Waals surface area contributed by atoms with Gasteiger partial charge in [0.25, 0.3) is 0 Å². The van der Waals surface area contributed by atoms with Crippen molar-refractivity contribution in [2.75, 3.05) is 26.8 Å². The van der Waals surface area contributed by atoms with Crippen molar-refractivity contribution in [2.45, 2.75) is 43.4 Å². The third-order valence-electron chi connectivity index (χ3n) is 8.05. The molecule has 0 aliphatic carbocycles. The quantitative estimate of drug-likeness (QED) is 0.179. The lowest BCUT2D eigenvalue weighted by Crippen LogP contribution is -2.47. The molecule has 0 radical (unpaired) electrons. The Balaban J connectivity index is 1.27. The van der Waals surface area contributed by atoms with Gasteiger partial charge in [0.2, 0.25) is 0 Å². The van der Waals surface area contributed by atoms with Crippen molar-refractivity contribution in [3.63, 3.8) is 0 Å². The van der Waals surface area contributed by atoms with Crippen LogP contribution in [0.4, 0.5) is 4.79 Å². The molecule has 1 aliphatic heterocycles. The van der Waals surface area contributed by atoms with Crippen LogP contribution in [-0.4, -0.2) is 56.9 Å². The number of hydrogen-bond acceptors (Lipinski definition) is 6. The van der Waals surface area contributed by atoms with E-state index in [1.807, 2.05) is 91.0 Å². The number of morpholine rings is 1. The SMILES string of the molecule is COC(=O)N[C@H](C(=O)Cc1ccccc1CCC1CNC[C@@H](COc2ccc(Cl)cc2)O1)C(c1ccccc1)c1ccccc1. The Kier molecular flexibility index (Phi) is 11.6. The summed E-state index contributed by atoms with van der Waals surface area (Å²) in [5, 5.41) is 6.99. The van der Waals surface area contributed by atoms with E-state index in [2.05, 4.69) is 16.7 Å². The summed E-state index contributed by atoms with van der Waals surface area (Å²) in [7, 11) is 1.31. The number of Topliss-reactive ketones (excluding diaryl/α,β-unsaturated/α-hetero) is 1. The van der Waals surface area contributed by atoms with E-state index in [0.717, 1.165) is 47.4 Å². The fraction of sp³-hybridized carbons (Fsp3) is 0.297. The topological polar surface area (TPSA) is 85.9 Å². The van der Waals surface area contributed by atoms with E-state index < -0.39 is 12.1 Å². The molecule has 1 fully saturated rings. The van der Waals surface area contributed by atoms with Gasteiger partial charge in [-0.15, -0.1) is 0 Å². The predicted molar refractivity (Wildman–Crippen MR) is 176 cm³/mol. The van der Waals surface area contributed by atoms with Crippen molar-refractivity contribution in [1.29, 1.82) is 0 Å². The average Bonchev–Trinajstić information content (AvgIpc) is 3.08. The third-order valence-corrected chi connectivity index (χ3v) is 8.31. The number of ether oxygens (including phenoxy) is 3. The zero-order valence-corrected chi connectivity index (χ0v) is 26.1. The highest BCUT2D eigenvalue weighted by atomic mass is 35.5. The van der Waals surface area contributed by atoms with Crippen molar-refractivity contribution in [1.82, 2.24) is 10.6 Å². The van der Waals surface area contributed by atoms with E-state index in [4.69, 9.17) is 25.8 Å². The van der Waals surface area contributed by atoms with Gasteiger partial charge in [-0.25, -0.2) is 4.79 Å². The van der Waals surface area contributed by atoms with Gasteiger partial charge in [-0.3, -0.25) is 4.79 Å². The van der Waals surface area contributed by atoms with E-state index in [-0.39, 0.29) is 30.3 Å².